The van der Waals surface area contributed by atoms with E-state index in [0.29, 0.717) is 12.0 Å². The molecule has 0 saturated heterocycles. The molecule has 1 aromatic carbocycles. The lowest BCUT2D eigenvalue weighted by Crippen LogP contribution is -2.20. The van der Waals surface area contributed by atoms with Crippen LogP contribution in [0.2, 0.25) is 0 Å². The Hall–Kier alpha value is -1.15. The molecule has 0 aliphatic carbocycles. The van der Waals surface area contributed by atoms with E-state index in [1.165, 1.54) is 0 Å². The molecule has 0 bridgehead atoms. The second kappa shape index (κ2) is 5.08. The van der Waals surface area contributed by atoms with Crippen LogP contribution in [0.25, 0.3) is 0 Å². The summed E-state index contributed by atoms with van der Waals surface area (Å²) in [4.78, 5) is 11.7. The van der Waals surface area contributed by atoms with Crippen molar-refractivity contribution in [1.29, 1.82) is 0 Å². The number of hydrogen-bond acceptors (Lipinski definition) is 2. The summed E-state index contributed by atoms with van der Waals surface area (Å²) in [5, 5.41) is 9.58. The molecule has 0 fully saturated rings. The molecule has 2 heteroatoms. The Morgan fingerprint density at radius 2 is 2.00 bits per heavy atom. The van der Waals surface area contributed by atoms with Gasteiger partial charge in [0.2, 0.25) is 0 Å². The summed E-state index contributed by atoms with van der Waals surface area (Å²) in [6.07, 6.45) is 0.501. The molecule has 0 aliphatic heterocycles. The number of ketones is 1. The van der Waals surface area contributed by atoms with E-state index in [4.69, 9.17) is 0 Å². The lowest BCUT2D eigenvalue weighted by molar-refractivity contribution is 0.0729. The fourth-order valence-corrected chi connectivity index (χ4v) is 1.49. The zero-order valence-corrected chi connectivity index (χ0v) is 9.58. The van der Waals surface area contributed by atoms with Gasteiger partial charge < -0.3 is 5.11 Å². The third-order valence-electron chi connectivity index (χ3n) is 2.66. The smallest absolute Gasteiger partial charge is 0.191 e. The molecule has 0 saturated carbocycles. The number of aryl methyl sites for hydroxylation is 2. The molecule has 1 atom stereocenters. The lowest BCUT2D eigenvalue weighted by atomic mass is 9.99. The van der Waals surface area contributed by atoms with Gasteiger partial charge in [-0.25, -0.2) is 0 Å². The van der Waals surface area contributed by atoms with Crippen LogP contribution in [0.3, 0.4) is 0 Å². The van der Waals surface area contributed by atoms with Crippen molar-refractivity contribution >= 4 is 5.78 Å². The fraction of sp³-hybridized carbons (Fsp3) is 0.462. The van der Waals surface area contributed by atoms with E-state index < -0.39 is 6.10 Å². The number of hydrogen-bond donors (Lipinski definition) is 1. The van der Waals surface area contributed by atoms with E-state index in [2.05, 4.69) is 0 Å². The van der Waals surface area contributed by atoms with Gasteiger partial charge in [0.1, 0.15) is 6.10 Å². The van der Waals surface area contributed by atoms with Gasteiger partial charge in [0.05, 0.1) is 0 Å². The first-order valence-electron chi connectivity index (χ1n) is 5.35. The second-order valence-corrected chi connectivity index (χ2v) is 3.97. The zero-order valence-electron chi connectivity index (χ0n) is 9.58. The van der Waals surface area contributed by atoms with Gasteiger partial charge in [-0.05, 0) is 37.5 Å². The van der Waals surface area contributed by atoms with Crippen LogP contribution in [0.4, 0.5) is 0 Å². The molecule has 0 spiro atoms. The largest absolute Gasteiger partial charge is 0.385 e. The number of aliphatic hydroxyl groups is 1. The number of Topliss-reactive ketones (excluding diaryl/α,β-unsaturated/α-hetero) is 1. The van der Waals surface area contributed by atoms with Gasteiger partial charge in [-0.1, -0.05) is 25.5 Å². The highest BCUT2D eigenvalue weighted by Crippen LogP contribution is 2.13. The van der Waals surface area contributed by atoms with Crippen LogP contribution in [0.1, 0.15) is 41.3 Å². The molecule has 0 aliphatic rings. The highest BCUT2D eigenvalue weighted by Gasteiger charge is 2.16. The molecule has 2 nitrogen and oxygen atoms in total. The molecule has 1 unspecified atom stereocenters. The number of carbonyl (C=O) groups excluding carboxylic acids is 1. The van der Waals surface area contributed by atoms with Crippen molar-refractivity contribution in [3.05, 3.63) is 34.9 Å². The number of benzene rings is 1. The first kappa shape index (κ1) is 11.9. The molecule has 82 valence electrons. The lowest BCUT2D eigenvalue weighted by Gasteiger charge is -2.09. The summed E-state index contributed by atoms with van der Waals surface area (Å²) < 4.78 is 0. The Morgan fingerprint density at radius 1 is 1.33 bits per heavy atom. The van der Waals surface area contributed by atoms with Crippen molar-refractivity contribution in [1.82, 2.24) is 0 Å². The summed E-state index contributed by atoms with van der Waals surface area (Å²) in [7, 11) is 0. The van der Waals surface area contributed by atoms with Crippen LogP contribution in [-0.4, -0.2) is 17.0 Å². The minimum absolute atomic E-state index is 0.167. The molecule has 1 N–H and O–H groups in total. The van der Waals surface area contributed by atoms with Gasteiger partial charge in [-0.3, -0.25) is 4.79 Å². The Morgan fingerprint density at radius 3 is 2.53 bits per heavy atom. The first-order valence-corrected chi connectivity index (χ1v) is 5.35. The van der Waals surface area contributed by atoms with Crippen LogP contribution in [0.15, 0.2) is 18.2 Å². The van der Waals surface area contributed by atoms with E-state index in [0.717, 1.165) is 17.5 Å². The van der Waals surface area contributed by atoms with Crippen LogP contribution in [-0.2, 0) is 0 Å². The number of carbonyl (C=O) groups is 1. The second-order valence-electron chi connectivity index (χ2n) is 3.97. The van der Waals surface area contributed by atoms with Crippen LogP contribution in [0, 0.1) is 13.8 Å². The number of rotatable bonds is 4. The molecular formula is C13H18O2. The molecule has 1 rings (SSSR count). The minimum atomic E-state index is -0.850. The van der Waals surface area contributed by atoms with Gasteiger partial charge in [0.25, 0.3) is 0 Å². The van der Waals surface area contributed by atoms with E-state index in [9.17, 15) is 9.90 Å². The van der Waals surface area contributed by atoms with E-state index in [-0.39, 0.29) is 5.78 Å². The molecule has 0 aromatic heterocycles. The molecule has 0 amide bonds. The van der Waals surface area contributed by atoms with E-state index in [1.54, 1.807) is 6.07 Å². The number of aliphatic hydroxyl groups excluding tert-OH is 1. The van der Waals surface area contributed by atoms with Crippen molar-refractivity contribution in [2.75, 3.05) is 0 Å². The molecule has 0 heterocycles. The van der Waals surface area contributed by atoms with Crippen LogP contribution < -0.4 is 0 Å². The van der Waals surface area contributed by atoms with Gasteiger partial charge in [0, 0.05) is 5.56 Å². The Bertz CT molecular complexity index is 356. The van der Waals surface area contributed by atoms with E-state index in [1.807, 2.05) is 32.9 Å². The predicted molar refractivity (Wildman–Crippen MR) is 61.2 cm³/mol. The van der Waals surface area contributed by atoms with Crippen molar-refractivity contribution in [2.45, 2.75) is 39.7 Å². The SMILES string of the molecule is CCCC(O)C(=O)c1ccc(C)c(C)c1. The van der Waals surface area contributed by atoms with E-state index >= 15 is 0 Å². The Balaban J connectivity index is 2.87. The van der Waals surface area contributed by atoms with Gasteiger partial charge in [-0.2, -0.15) is 0 Å². The molecule has 0 radical (unpaired) electrons. The van der Waals surface area contributed by atoms with Crippen molar-refractivity contribution in [2.24, 2.45) is 0 Å². The summed E-state index contributed by atoms with van der Waals surface area (Å²) in [6, 6.07) is 5.54. The average Bonchev–Trinajstić information content (AvgIpc) is 2.21. The fourth-order valence-electron chi connectivity index (χ4n) is 1.49. The Kier molecular flexibility index (Phi) is 4.04. The van der Waals surface area contributed by atoms with Crippen LogP contribution >= 0.6 is 0 Å². The summed E-state index contributed by atoms with van der Waals surface area (Å²) in [6.45, 7) is 5.93. The van der Waals surface area contributed by atoms with Gasteiger partial charge in [-0.15, -0.1) is 0 Å². The maximum absolute atomic E-state index is 11.7. The molecule has 1 aromatic rings. The van der Waals surface area contributed by atoms with Gasteiger partial charge in [0.15, 0.2) is 5.78 Å². The van der Waals surface area contributed by atoms with Crippen LogP contribution in [0.5, 0.6) is 0 Å². The third-order valence-corrected chi connectivity index (χ3v) is 2.66. The first-order chi connectivity index (χ1) is 7.06. The standard InChI is InChI=1S/C13H18O2/c1-4-5-12(14)13(15)11-7-6-9(2)10(3)8-11/h6-8,12,14H,4-5H2,1-3H3. The summed E-state index contributed by atoms with van der Waals surface area (Å²) in [5.74, 6) is -0.167. The summed E-state index contributed by atoms with van der Waals surface area (Å²) in [5.41, 5.74) is 2.86. The quantitative estimate of drug-likeness (QED) is 0.769. The normalized spacial score (nSPS) is 12.5. The predicted octanol–water partition coefficient (Wildman–Crippen LogP) is 2.65. The van der Waals surface area contributed by atoms with Crippen molar-refractivity contribution in [3.63, 3.8) is 0 Å². The van der Waals surface area contributed by atoms with Gasteiger partial charge >= 0.3 is 0 Å². The monoisotopic (exact) mass is 206 g/mol. The highest BCUT2D eigenvalue weighted by atomic mass is 16.3. The molecule has 15 heavy (non-hydrogen) atoms. The Labute approximate surface area is 90.9 Å². The maximum atomic E-state index is 11.7. The molecular weight excluding hydrogens is 188 g/mol. The minimum Gasteiger partial charge on any atom is -0.385 e. The highest BCUT2D eigenvalue weighted by molar-refractivity contribution is 5.99. The van der Waals surface area contributed by atoms with Crippen molar-refractivity contribution < 1.29 is 9.90 Å². The average molecular weight is 206 g/mol. The summed E-state index contributed by atoms with van der Waals surface area (Å²) >= 11 is 0. The van der Waals surface area contributed by atoms with Crippen molar-refractivity contribution in [3.8, 4) is 0 Å². The third kappa shape index (κ3) is 2.90. The zero-order chi connectivity index (χ0) is 11.4. The topological polar surface area (TPSA) is 37.3 Å². The maximum Gasteiger partial charge on any atom is 0.191 e.